The van der Waals surface area contributed by atoms with Crippen molar-refractivity contribution in [2.24, 2.45) is 5.92 Å². The summed E-state index contributed by atoms with van der Waals surface area (Å²) in [4.78, 5) is 0. The maximum Gasteiger partial charge on any atom is 0.316 e. The zero-order valence-corrected chi connectivity index (χ0v) is 2.70. The van der Waals surface area contributed by atoms with Crippen LogP contribution in [-0.2, 0) is 0 Å². The van der Waals surface area contributed by atoms with Crippen LogP contribution >= 0.6 is 0 Å². The van der Waals surface area contributed by atoms with Crippen LogP contribution in [-0.4, -0.2) is 23.1 Å². The number of hydrogen-bond donors (Lipinski definition) is 0. The summed E-state index contributed by atoms with van der Waals surface area (Å²) in [6.07, 6.45) is 2.75. The minimum absolute atomic E-state index is 0. The summed E-state index contributed by atoms with van der Waals surface area (Å²) in [7, 11) is 0. The van der Waals surface area contributed by atoms with E-state index in [0.29, 0.717) is 0 Å². The lowest BCUT2D eigenvalue weighted by atomic mass is 10.5. The molecule has 1 saturated carbocycles. The third-order valence-corrected chi connectivity index (χ3v) is 0.697. The van der Waals surface area contributed by atoms with Crippen molar-refractivity contribution >= 4 is 23.1 Å². The molecule has 0 saturated heterocycles. The van der Waals surface area contributed by atoms with Crippen molar-refractivity contribution in [1.29, 1.82) is 0 Å². The first-order chi connectivity index (χ1) is 1.89. The first-order valence-corrected chi connectivity index (χ1v) is 1.72. The SMILES string of the molecule is [CH2]C1CC1.[MgH2]. The fourth-order valence-electron chi connectivity index (χ4n) is 0.118. The van der Waals surface area contributed by atoms with Crippen molar-refractivity contribution < 1.29 is 0 Å². The summed E-state index contributed by atoms with van der Waals surface area (Å²) in [6.45, 7) is 3.75. The second kappa shape index (κ2) is 2.03. The molecule has 0 aliphatic heterocycles. The Labute approximate surface area is 49.1 Å². The van der Waals surface area contributed by atoms with Crippen molar-refractivity contribution in [2.75, 3.05) is 0 Å². The average Bonchev–Trinajstić information content (AvgIpc) is 1.75. The van der Waals surface area contributed by atoms with Crippen LogP contribution in [0.5, 0.6) is 0 Å². The Morgan fingerprint density at radius 3 is 1.60 bits per heavy atom. The highest BCUT2D eigenvalue weighted by Crippen LogP contribution is 2.26. The Hall–Kier alpha value is 0.766. The van der Waals surface area contributed by atoms with Gasteiger partial charge < -0.3 is 0 Å². The van der Waals surface area contributed by atoms with Crippen molar-refractivity contribution in [3.63, 3.8) is 0 Å². The van der Waals surface area contributed by atoms with Gasteiger partial charge in [0, 0.05) is 0 Å². The van der Waals surface area contributed by atoms with Crippen LogP contribution in [0.1, 0.15) is 12.8 Å². The summed E-state index contributed by atoms with van der Waals surface area (Å²) < 4.78 is 0. The van der Waals surface area contributed by atoms with Gasteiger partial charge in [0.25, 0.3) is 0 Å². The van der Waals surface area contributed by atoms with Gasteiger partial charge in [-0.05, 0) is 5.92 Å². The molecule has 5 heavy (non-hydrogen) atoms. The molecule has 1 heteroatoms. The molecular weight excluding hydrogens is 72.3 g/mol. The van der Waals surface area contributed by atoms with E-state index in [4.69, 9.17) is 0 Å². The van der Waals surface area contributed by atoms with Crippen LogP contribution < -0.4 is 0 Å². The molecule has 0 amide bonds. The first-order valence-electron chi connectivity index (χ1n) is 1.72. The van der Waals surface area contributed by atoms with Gasteiger partial charge in [0.2, 0.25) is 0 Å². The quantitative estimate of drug-likeness (QED) is 0.368. The molecule has 27 valence electrons. The molecule has 0 bridgehead atoms. The third-order valence-electron chi connectivity index (χ3n) is 0.697. The highest BCUT2D eigenvalue weighted by Gasteiger charge is 2.12. The minimum Gasteiger partial charge on any atom is -0.0502 e. The van der Waals surface area contributed by atoms with Gasteiger partial charge in [0.05, 0.1) is 0 Å². The molecule has 0 unspecified atom stereocenters. The molecule has 0 heterocycles. The largest absolute Gasteiger partial charge is 0.316 e. The highest BCUT2D eigenvalue weighted by molar-refractivity contribution is 5.75. The molecular formula is C4H9Mg. The second-order valence-corrected chi connectivity index (χ2v) is 1.44. The van der Waals surface area contributed by atoms with E-state index < -0.39 is 0 Å². The smallest absolute Gasteiger partial charge is 0.0502 e. The molecule has 1 aliphatic rings. The van der Waals surface area contributed by atoms with E-state index in [9.17, 15) is 0 Å². The van der Waals surface area contributed by atoms with Crippen LogP contribution in [0.2, 0.25) is 0 Å². The van der Waals surface area contributed by atoms with E-state index in [0.717, 1.165) is 5.92 Å². The lowest BCUT2D eigenvalue weighted by Crippen LogP contribution is -1.43. The Balaban J connectivity index is 0.000000160. The van der Waals surface area contributed by atoms with Gasteiger partial charge >= 0.3 is 23.1 Å². The van der Waals surface area contributed by atoms with Gasteiger partial charge in [-0.25, -0.2) is 0 Å². The molecule has 1 rings (SSSR count). The molecule has 1 aliphatic carbocycles. The predicted molar refractivity (Wildman–Crippen MR) is 26.6 cm³/mol. The lowest BCUT2D eigenvalue weighted by Gasteiger charge is -1.53. The van der Waals surface area contributed by atoms with E-state index >= 15 is 0 Å². The molecule has 1 radical (unpaired) electrons. The molecule has 0 aromatic heterocycles. The predicted octanol–water partition coefficient (Wildman–Crippen LogP) is 0.314. The summed E-state index contributed by atoms with van der Waals surface area (Å²) >= 11 is 0. The highest BCUT2D eigenvalue weighted by atomic mass is 24.3. The van der Waals surface area contributed by atoms with Crippen molar-refractivity contribution in [1.82, 2.24) is 0 Å². The fraction of sp³-hybridized carbons (Fsp3) is 0.750. The summed E-state index contributed by atoms with van der Waals surface area (Å²) in [5, 5.41) is 0. The van der Waals surface area contributed by atoms with E-state index in [-0.39, 0.29) is 23.1 Å². The van der Waals surface area contributed by atoms with Gasteiger partial charge in [-0.2, -0.15) is 0 Å². The summed E-state index contributed by atoms with van der Waals surface area (Å²) in [5.74, 6) is 0.833. The zero-order valence-electron chi connectivity index (χ0n) is 2.70. The van der Waals surface area contributed by atoms with Crippen LogP contribution in [0, 0.1) is 12.8 Å². The van der Waals surface area contributed by atoms with Crippen LogP contribution in [0.3, 0.4) is 0 Å². The maximum absolute atomic E-state index is 3.75. The van der Waals surface area contributed by atoms with Crippen LogP contribution in [0.25, 0.3) is 0 Å². The van der Waals surface area contributed by atoms with E-state index in [2.05, 4.69) is 6.92 Å². The van der Waals surface area contributed by atoms with E-state index in [1.807, 2.05) is 0 Å². The van der Waals surface area contributed by atoms with Crippen LogP contribution in [0.4, 0.5) is 0 Å². The molecule has 0 spiro atoms. The van der Waals surface area contributed by atoms with Crippen LogP contribution in [0.15, 0.2) is 0 Å². The molecule has 0 atom stereocenters. The topological polar surface area (TPSA) is 0 Å². The van der Waals surface area contributed by atoms with Crippen molar-refractivity contribution in [3.05, 3.63) is 6.92 Å². The Morgan fingerprint density at radius 2 is 1.60 bits per heavy atom. The standard InChI is InChI=1S/C4H7.Mg.2H/c1-4-2-3-4;;;/h4H,1-3H2;;;. The van der Waals surface area contributed by atoms with E-state index in [1.165, 1.54) is 12.8 Å². The average molecular weight is 81.4 g/mol. The molecule has 0 nitrogen and oxygen atoms in total. The van der Waals surface area contributed by atoms with Gasteiger partial charge in [0.1, 0.15) is 0 Å². The number of rotatable bonds is 0. The Kier molecular flexibility index (Phi) is 2.34. The Morgan fingerprint density at radius 1 is 1.40 bits per heavy atom. The minimum atomic E-state index is 0. The molecule has 0 aromatic rings. The van der Waals surface area contributed by atoms with Gasteiger partial charge in [-0.3, -0.25) is 0 Å². The second-order valence-electron chi connectivity index (χ2n) is 1.44. The van der Waals surface area contributed by atoms with Crippen molar-refractivity contribution in [2.45, 2.75) is 12.8 Å². The van der Waals surface area contributed by atoms with E-state index in [1.54, 1.807) is 0 Å². The van der Waals surface area contributed by atoms with Gasteiger partial charge in [0.15, 0.2) is 0 Å². The monoisotopic (exact) mass is 81.1 g/mol. The summed E-state index contributed by atoms with van der Waals surface area (Å²) in [5.41, 5.74) is 0. The fourth-order valence-corrected chi connectivity index (χ4v) is 0.118. The maximum atomic E-state index is 3.75. The Bertz CT molecular complexity index is 22.8. The first kappa shape index (κ1) is 5.77. The molecule has 0 aromatic carbocycles. The molecule has 1 fully saturated rings. The summed E-state index contributed by atoms with van der Waals surface area (Å²) in [6, 6.07) is 0. The molecule has 0 N–H and O–H groups in total. The number of hydrogen-bond acceptors (Lipinski definition) is 0. The lowest BCUT2D eigenvalue weighted by molar-refractivity contribution is 1.12. The van der Waals surface area contributed by atoms with Gasteiger partial charge in [-0.1, -0.05) is 19.8 Å². The normalized spacial score (nSPS) is 21.0. The van der Waals surface area contributed by atoms with Crippen molar-refractivity contribution in [3.8, 4) is 0 Å². The van der Waals surface area contributed by atoms with Gasteiger partial charge in [-0.15, -0.1) is 0 Å². The zero-order chi connectivity index (χ0) is 2.99. The third kappa shape index (κ3) is 2.57.